The second-order valence-corrected chi connectivity index (χ2v) is 21.3. The summed E-state index contributed by atoms with van der Waals surface area (Å²) >= 11 is 0. The minimum Gasteiger partial charge on any atom is -0.462 e. The first-order chi connectivity index (χ1) is 37.5. The maximum absolute atomic E-state index is 12.9. The van der Waals surface area contributed by atoms with Gasteiger partial charge in [-0.05, 0) is 96.3 Å². The molecular formula is C70H120O6. The zero-order chi connectivity index (χ0) is 55.0. The normalized spacial score (nSPS) is 12.7. The van der Waals surface area contributed by atoms with Crippen molar-refractivity contribution in [1.82, 2.24) is 0 Å². The third-order valence-corrected chi connectivity index (χ3v) is 13.8. The lowest BCUT2D eigenvalue weighted by Crippen LogP contribution is -2.30. The second-order valence-electron chi connectivity index (χ2n) is 21.3. The molecule has 0 aliphatic rings. The van der Waals surface area contributed by atoms with Crippen molar-refractivity contribution in [2.75, 3.05) is 13.2 Å². The van der Waals surface area contributed by atoms with Crippen LogP contribution in [-0.4, -0.2) is 37.2 Å². The molecule has 0 heterocycles. The predicted molar refractivity (Wildman–Crippen MR) is 330 cm³/mol. The third-order valence-electron chi connectivity index (χ3n) is 13.8. The Morgan fingerprint density at radius 3 is 0.868 bits per heavy atom. The fourth-order valence-corrected chi connectivity index (χ4v) is 8.99. The minimum absolute atomic E-state index is 0.0908. The zero-order valence-corrected chi connectivity index (χ0v) is 50.0. The van der Waals surface area contributed by atoms with Crippen molar-refractivity contribution in [3.63, 3.8) is 0 Å². The molecule has 0 saturated carbocycles. The van der Waals surface area contributed by atoms with E-state index in [1.807, 2.05) is 0 Å². The van der Waals surface area contributed by atoms with Crippen molar-refractivity contribution >= 4 is 17.9 Å². The molecule has 0 saturated heterocycles. The van der Waals surface area contributed by atoms with Gasteiger partial charge in [-0.2, -0.15) is 0 Å². The van der Waals surface area contributed by atoms with Crippen LogP contribution in [0.4, 0.5) is 0 Å². The molecule has 0 aliphatic heterocycles. The van der Waals surface area contributed by atoms with Crippen LogP contribution in [0.5, 0.6) is 0 Å². The first-order valence-corrected chi connectivity index (χ1v) is 32.2. The number of carbonyl (C=O) groups is 3. The van der Waals surface area contributed by atoms with E-state index in [4.69, 9.17) is 14.2 Å². The van der Waals surface area contributed by atoms with Crippen LogP contribution < -0.4 is 0 Å². The maximum Gasteiger partial charge on any atom is 0.306 e. The van der Waals surface area contributed by atoms with Gasteiger partial charge in [-0.3, -0.25) is 14.4 Å². The Morgan fingerprint density at radius 2 is 0.526 bits per heavy atom. The lowest BCUT2D eigenvalue weighted by Gasteiger charge is -2.18. The highest BCUT2D eigenvalue weighted by Crippen LogP contribution is 2.17. The highest BCUT2D eigenvalue weighted by Gasteiger charge is 2.19. The molecule has 0 aromatic rings. The fourth-order valence-electron chi connectivity index (χ4n) is 8.99. The summed E-state index contributed by atoms with van der Waals surface area (Å²) in [6.07, 6.45) is 85.6. The Balaban J connectivity index is 4.34. The molecule has 6 heteroatoms. The number of hydrogen-bond acceptors (Lipinski definition) is 6. The van der Waals surface area contributed by atoms with Crippen molar-refractivity contribution in [3.8, 4) is 0 Å². The summed E-state index contributed by atoms with van der Waals surface area (Å²) in [4.78, 5) is 38.2. The second kappa shape index (κ2) is 63.9. The standard InChI is InChI=1S/C70H120O6/c1-4-7-10-13-16-19-22-24-26-28-30-32-34-35-36-38-39-41-43-45-48-51-54-57-60-63-69(72)75-66-67(65-74-68(71)62-59-56-53-50-47-21-18-15-12-9-6-3)76-70(73)64-61-58-55-52-49-46-44-42-40-37-33-31-29-27-25-23-20-17-14-11-8-5-2/h7,10,15-16,18-19,24,26,30,32,35-36,39,41,45,48,67H,4-6,8-9,11-14,17,20-23,25,27-29,31,33-34,37-38,40,42-44,46-47,49-66H2,1-3H3/b10-7-,18-15-,19-16-,26-24-,32-30-,36-35-,41-39-,48-45-. The van der Waals surface area contributed by atoms with Crippen molar-refractivity contribution in [2.45, 2.75) is 316 Å². The van der Waals surface area contributed by atoms with Crippen LogP contribution >= 0.6 is 0 Å². The van der Waals surface area contributed by atoms with Crippen molar-refractivity contribution in [3.05, 3.63) is 97.2 Å². The molecule has 0 fully saturated rings. The largest absolute Gasteiger partial charge is 0.462 e. The molecule has 0 aromatic heterocycles. The molecule has 0 spiro atoms. The van der Waals surface area contributed by atoms with E-state index in [0.717, 1.165) is 116 Å². The van der Waals surface area contributed by atoms with Gasteiger partial charge >= 0.3 is 17.9 Å². The Kier molecular flexibility index (Phi) is 60.8. The van der Waals surface area contributed by atoms with E-state index in [1.165, 1.54) is 154 Å². The molecule has 0 radical (unpaired) electrons. The maximum atomic E-state index is 12.9. The first kappa shape index (κ1) is 72.3. The van der Waals surface area contributed by atoms with Gasteiger partial charge in [0, 0.05) is 19.3 Å². The average Bonchev–Trinajstić information content (AvgIpc) is 3.42. The van der Waals surface area contributed by atoms with Crippen LogP contribution in [-0.2, 0) is 28.6 Å². The number of esters is 3. The van der Waals surface area contributed by atoms with E-state index in [-0.39, 0.29) is 31.1 Å². The molecule has 76 heavy (non-hydrogen) atoms. The third kappa shape index (κ3) is 61.2. The van der Waals surface area contributed by atoms with Gasteiger partial charge in [-0.15, -0.1) is 0 Å². The Morgan fingerprint density at radius 1 is 0.276 bits per heavy atom. The van der Waals surface area contributed by atoms with Crippen LogP contribution in [0.1, 0.15) is 310 Å². The van der Waals surface area contributed by atoms with Gasteiger partial charge in [0.05, 0.1) is 0 Å². The smallest absolute Gasteiger partial charge is 0.306 e. The van der Waals surface area contributed by atoms with E-state index in [0.29, 0.717) is 19.3 Å². The van der Waals surface area contributed by atoms with Gasteiger partial charge < -0.3 is 14.2 Å². The van der Waals surface area contributed by atoms with Gasteiger partial charge in [0.25, 0.3) is 0 Å². The topological polar surface area (TPSA) is 78.9 Å². The highest BCUT2D eigenvalue weighted by atomic mass is 16.6. The van der Waals surface area contributed by atoms with E-state index >= 15 is 0 Å². The average molecular weight is 1060 g/mol. The van der Waals surface area contributed by atoms with Crippen LogP contribution in [0.2, 0.25) is 0 Å². The first-order valence-electron chi connectivity index (χ1n) is 32.2. The summed E-state index contributed by atoms with van der Waals surface area (Å²) in [5.41, 5.74) is 0. The molecule has 1 unspecified atom stereocenters. The molecule has 0 aromatic carbocycles. The molecular weight excluding hydrogens is 937 g/mol. The van der Waals surface area contributed by atoms with Gasteiger partial charge in [-0.25, -0.2) is 0 Å². The number of ether oxygens (including phenoxy) is 3. The van der Waals surface area contributed by atoms with E-state index < -0.39 is 6.10 Å². The lowest BCUT2D eigenvalue weighted by molar-refractivity contribution is -0.167. The van der Waals surface area contributed by atoms with Gasteiger partial charge in [0.1, 0.15) is 13.2 Å². The van der Waals surface area contributed by atoms with Gasteiger partial charge in [0.15, 0.2) is 6.10 Å². The predicted octanol–water partition coefficient (Wildman–Crippen LogP) is 22.0. The highest BCUT2D eigenvalue weighted by molar-refractivity contribution is 5.71. The fraction of sp³-hybridized carbons (Fsp3) is 0.729. The van der Waals surface area contributed by atoms with Crippen LogP contribution in [0, 0.1) is 0 Å². The molecule has 0 N–H and O–H groups in total. The Hall–Kier alpha value is -3.67. The monoisotopic (exact) mass is 1060 g/mol. The number of hydrogen-bond donors (Lipinski definition) is 0. The summed E-state index contributed by atoms with van der Waals surface area (Å²) in [6, 6.07) is 0. The molecule has 1 atom stereocenters. The van der Waals surface area contributed by atoms with E-state index in [1.54, 1.807) is 0 Å². The molecule has 0 bridgehead atoms. The number of rotatable bonds is 58. The van der Waals surface area contributed by atoms with Crippen LogP contribution in [0.25, 0.3) is 0 Å². The Bertz CT molecular complexity index is 1490. The number of allylic oxidation sites excluding steroid dienone is 16. The van der Waals surface area contributed by atoms with Crippen molar-refractivity contribution in [2.24, 2.45) is 0 Å². The molecule has 0 aliphatic carbocycles. The van der Waals surface area contributed by atoms with Gasteiger partial charge in [0.2, 0.25) is 0 Å². The number of carbonyl (C=O) groups excluding carboxylic acids is 3. The summed E-state index contributed by atoms with van der Waals surface area (Å²) < 4.78 is 16.9. The Labute approximate surface area is 470 Å². The number of unbranched alkanes of at least 4 members (excludes halogenated alkanes) is 31. The molecule has 0 rings (SSSR count). The van der Waals surface area contributed by atoms with Crippen LogP contribution in [0.3, 0.4) is 0 Å². The quantitative estimate of drug-likeness (QED) is 0.0261. The molecule has 0 amide bonds. The van der Waals surface area contributed by atoms with Crippen LogP contribution in [0.15, 0.2) is 97.2 Å². The van der Waals surface area contributed by atoms with Crippen molar-refractivity contribution < 1.29 is 28.6 Å². The summed E-state index contributed by atoms with van der Waals surface area (Å²) in [5.74, 6) is -0.923. The minimum atomic E-state index is -0.795. The van der Waals surface area contributed by atoms with Crippen molar-refractivity contribution in [1.29, 1.82) is 0 Å². The zero-order valence-electron chi connectivity index (χ0n) is 50.0. The van der Waals surface area contributed by atoms with Gasteiger partial charge in [-0.1, -0.05) is 291 Å². The lowest BCUT2D eigenvalue weighted by atomic mass is 10.0. The molecule has 436 valence electrons. The summed E-state index contributed by atoms with van der Waals surface area (Å²) in [6.45, 7) is 6.48. The van der Waals surface area contributed by atoms with E-state index in [2.05, 4.69) is 118 Å². The molecule has 6 nitrogen and oxygen atoms in total. The van der Waals surface area contributed by atoms with E-state index in [9.17, 15) is 14.4 Å². The summed E-state index contributed by atoms with van der Waals surface area (Å²) in [5, 5.41) is 0. The summed E-state index contributed by atoms with van der Waals surface area (Å²) in [7, 11) is 0. The SMILES string of the molecule is CC/C=C\C/C=C\C/C=C\C/C=C\C/C=C\C/C=C\C/C=C\CCCCCC(=O)OCC(COC(=O)CCCCCCC/C=C\CCCC)OC(=O)CCCCCCCCCCCCCCCCCCCCCCCC.